The number of hydrogen-bond donors (Lipinski definition) is 1. The molecule has 1 aromatic carbocycles. The van der Waals surface area contributed by atoms with E-state index in [9.17, 15) is 9.18 Å². The van der Waals surface area contributed by atoms with Crippen molar-refractivity contribution in [2.45, 2.75) is 13.5 Å². The van der Waals surface area contributed by atoms with Gasteiger partial charge in [0.1, 0.15) is 17.8 Å². The summed E-state index contributed by atoms with van der Waals surface area (Å²) >= 11 is 0. The lowest BCUT2D eigenvalue weighted by atomic mass is 10.1. The lowest BCUT2D eigenvalue weighted by Crippen LogP contribution is -2.31. The van der Waals surface area contributed by atoms with Crippen molar-refractivity contribution in [2.24, 2.45) is 5.92 Å². The highest BCUT2D eigenvalue weighted by atomic mass is 19.1. The Kier molecular flexibility index (Phi) is 4.79. The fourth-order valence-corrected chi connectivity index (χ4v) is 2.89. The van der Waals surface area contributed by atoms with Gasteiger partial charge in [-0.3, -0.25) is 9.48 Å². The van der Waals surface area contributed by atoms with Crippen LogP contribution in [-0.4, -0.2) is 41.8 Å². The molecule has 142 valence electrons. The Morgan fingerprint density at radius 3 is 2.82 bits per heavy atom. The van der Waals surface area contributed by atoms with E-state index in [2.05, 4.69) is 25.5 Å². The molecule has 0 aliphatic carbocycles. The molecule has 0 saturated carbocycles. The molecule has 0 radical (unpaired) electrons. The highest BCUT2D eigenvalue weighted by molar-refractivity contribution is 5.94. The van der Waals surface area contributed by atoms with Gasteiger partial charge >= 0.3 is 0 Å². The standard InChI is InChI=1S/C19H18FN7O/c1-13(11-26-8-2-7-23-26)10-21-18(28)17-9-16(14-3-5-15(20)6-4-14)25-19-22-12-24-27(17)19/h2-9,12-13H,10-11H2,1H3,(H,21,28). The van der Waals surface area contributed by atoms with Crippen LogP contribution < -0.4 is 5.32 Å². The molecule has 0 bridgehead atoms. The molecule has 0 fully saturated rings. The highest BCUT2D eigenvalue weighted by Crippen LogP contribution is 2.19. The number of aromatic nitrogens is 6. The topological polar surface area (TPSA) is 90.0 Å². The number of amides is 1. The smallest absolute Gasteiger partial charge is 0.270 e. The molecule has 28 heavy (non-hydrogen) atoms. The first-order valence-electron chi connectivity index (χ1n) is 8.82. The Bertz CT molecular complexity index is 1090. The minimum atomic E-state index is -0.337. The molecule has 1 N–H and O–H groups in total. The Morgan fingerprint density at radius 2 is 2.07 bits per heavy atom. The van der Waals surface area contributed by atoms with Gasteiger partial charge in [0, 0.05) is 31.0 Å². The van der Waals surface area contributed by atoms with Gasteiger partial charge in [0.25, 0.3) is 11.7 Å². The zero-order valence-electron chi connectivity index (χ0n) is 15.2. The molecule has 4 aromatic rings. The third-order valence-electron chi connectivity index (χ3n) is 4.29. The Balaban J connectivity index is 1.55. The van der Waals surface area contributed by atoms with Crippen LogP contribution in [0.4, 0.5) is 4.39 Å². The molecule has 3 heterocycles. The molecule has 3 aromatic heterocycles. The fourth-order valence-electron chi connectivity index (χ4n) is 2.89. The maximum absolute atomic E-state index is 13.2. The van der Waals surface area contributed by atoms with Gasteiger partial charge in [-0.15, -0.1) is 0 Å². The van der Waals surface area contributed by atoms with Crippen LogP contribution in [0.5, 0.6) is 0 Å². The van der Waals surface area contributed by atoms with Gasteiger partial charge in [-0.25, -0.2) is 9.37 Å². The van der Waals surface area contributed by atoms with Crippen LogP contribution in [0.2, 0.25) is 0 Å². The number of benzene rings is 1. The SMILES string of the molecule is CC(CNC(=O)c1cc(-c2ccc(F)cc2)nc2ncnn12)Cn1cccn1. The molecule has 0 aliphatic rings. The van der Waals surface area contributed by atoms with E-state index in [4.69, 9.17) is 0 Å². The molecular weight excluding hydrogens is 361 g/mol. The van der Waals surface area contributed by atoms with Crippen LogP contribution >= 0.6 is 0 Å². The van der Waals surface area contributed by atoms with E-state index in [-0.39, 0.29) is 17.6 Å². The predicted octanol–water partition coefficient (Wildman–Crippen LogP) is 2.19. The van der Waals surface area contributed by atoms with Crippen molar-refractivity contribution in [1.29, 1.82) is 0 Å². The fraction of sp³-hybridized carbons (Fsp3) is 0.211. The van der Waals surface area contributed by atoms with Gasteiger partial charge in [-0.1, -0.05) is 6.92 Å². The van der Waals surface area contributed by atoms with Crippen LogP contribution in [0.15, 0.2) is 55.1 Å². The van der Waals surface area contributed by atoms with E-state index >= 15 is 0 Å². The minimum absolute atomic E-state index is 0.188. The van der Waals surface area contributed by atoms with Gasteiger partial charge in [-0.2, -0.15) is 19.7 Å². The molecule has 0 spiro atoms. The number of halogens is 1. The van der Waals surface area contributed by atoms with Gasteiger partial charge in [0.05, 0.1) is 5.69 Å². The predicted molar refractivity (Wildman–Crippen MR) is 99.9 cm³/mol. The molecule has 1 amide bonds. The average molecular weight is 379 g/mol. The van der Waals surface area contributed by atoms with Crippen molar-refractivity contribution in [2.75, 3.05) is 6.54 Å². The molecule has 0 aliphatic heterocycles. The molecule has 8 nitrogen and oxygen atoms in total. The van der Waals surface area contributed by atoms with Crippen LogP contribution in [0.25, 0.3) is 17.0 Å². The maximum Gasteiger partial charge on any atom is 0.270 e. The molecule has 4 rings (SSSR count). The first-order chi connectivity index (χ1) is 13.6. The van der Waals surface area contributed by atoms with Crippen molar-refractivity contribution in [3.63, 3.8) is 0 Å². The lowest BCUT2D eigenvalue weighted by molar-refractivity contribution is 0.0939. The van der Waals surface area contributed by atoms with E-state index in [0.717, 1.165) is 0 Å². The summed E-state index contributed by atoms with van der Waals surface area (Å²) in [6.45, 7) is 3.20. The molecule has 1 unspecified atom stereocenters. The third-order valence-corrected chi connectivity index (χ3v) is 4.29. The van der Waals surface area contributed by atoms with Crippen LogP contribution in [0, 0.1) is 11.7 Å². The lowest BCUT2D eigenvalue weighted by Gasteiger charge is -2.13. The normalized spacial score (nSPS) is 12.2. The highest BCUT2D eigenvalue weighted by Gasteiger charge is 2.16. The monoisotopic (exact) mass is 379 g/mol. The summed E-state index contributed by atoms with van der Waals surface area (Å²) in [4.78, 5) is 21.3. The van der Waals surface area contributed by atoms with Gasteiger partial charge < -0.3 is 5.32 Å². The zero-order chi connectivity index (χ0) is 19.5. The van der Waals surface area contributed by atoms with E-state index < -0.39 is 0 Å². The summed E-state index contributed by atoms with van der Waals surface area (Å²) in [7, 11) is 0. The number of rotatable bonds is 6. The van der Waals surface area contributed by atoms with Gasteiger partial charge in [0.2, 0.25) is 0 Å². The number of carbonyl (C=O) groups excluding carboxylic acids is 1. The van der Waals surface area contributed by atoms with E-state index in [1.807, 2.05) is 23.9 Å². The van der Waals surface area contributed by atoms with Gasteiger partial charge in [0.15, 0.2) is 0 Å². The second kappa shape index (κ2) is 7.55. The van der Waals surface area contributed by atoms with E-state index in [1.54, 1.807) is 24.4 Å². The van der Waals surface area contributed by atoms with Crippen LogP contribution in [0.3, 0.4) is 0 Å². The Labute approximate surface area is 160 Å². The van der Waals surface area contributed by atoms with Gasteiger partial charge in [-0.05, 0) is 42.3 Å². The average Bonchev–Trinajstić information content (AvgIpc) is 3.37. The number of fused-ring (bicyclic) bond motifs is 1. The molecular formula is C19H18FN7O. The maximum atomic E-state index is 13.2. The van der Waals surface area contributed by atoms with Crippen molar-refractivity contribution >= 4 is 11.7 Å². The summed E-state index contributed by atoms with van der Waals surface area (Å²) < 4.78 is 16.4. The summed E-state index contributed by atoms with van der Waals surface area (Å²) in [6, 6.07) is 9.41. The van der Waals surface area contributed by atoms with E-state index in [1.165, 1.54) is 23.0 Å². The first kappa shape index (κ1) is 17.8. The largest absolute Gasteiger partial charge is 0.350 e. The van der Waals surface area contributed by atoms with E-state index in [0.29, 0.717) is 35.8 Å². The van der Waals surface area contributed by atoms with Crippen LogP contribution in [-0.2, 0) is 6.54 Å². The Morgan fingerprint density at radius 1 is 1.25 bits per heavy atom. The first-order valence-corrected chi connectivity index (χ1v) is 8.82. The Hall–Kier alpha value is -3.62. The van der Waals surface area contributed by atoms with Crippen LogP contribution in [0.1, 0.15) is 17.4 Å². The number of nitrogens with zero attached hydrogens (tertiary/aromatic N) is 6. The van der Waals surface area contributed by atoms with Crippen molar-refractivity contribution in [3.05, 3.63) is 66.6 Å². The van der Waals surface area contributed by atoms with Crippen molar-refractivity contribution in [3.8, 4) is 11.3 Å². The second-order valence-corrected chi connectivity index (χ2v) is 6.55. The molecule has 1 atom stereocenters. The number of carbonyl (C=O) groups is 1. The molecule has 0 saturated heterocycles. The molecule has 9 heteroatoms. The zero-order valence-corrected chi connectivity index (χ0v) is 15.2. The summed E-state index contributed by atoms with van der Waals surface area (Å²) in [5, 5.41) is 11.2. The minimum Gasteiger partial charge on any atom is -0.350 e. The summed E-state index contributed by atoms with van der Waals surface area (Å²) in [6.07, 6.45) is 4.95. The summed E-state index contributed by atoms with van der Waals surface area (Å²) in [5.41, 5.74) is 1.52. The summed E-state index contributed by atoms with van der Waals surface area (Å²) in [5.74, 6) is -0.130. The van der Waals surface area contributed by atoms with Crippen molar-refractivity contribution in [1.82, 2.24) is 34.7 Å². The number of nitrogens with one attached hydrogen (secondary N) is 1. The number of hydrogen-bond acceptors (Lipinski definition) is 5. The van der Waals surface area contributed by atoms with Crippen molar-refractivity contribution < 1.29 is 9.18 Å². The third kappa shape index (κ3) is 3.73. The second-order valence-electron chi connectivity index (χ2n) is 6.55. The quantitative estimate of drug-likeness (QED) is 0.555.